The summed E-state index contributed by atoms with van der Waals surface area (Å²) >= 11 is 0. The van der Waals surface area contributed by atoms with Crippen LogP contribution in [0.3, 0.4) is 0 Å². The Hall–Kier alpha value is -0.0800. The molecular formula is C30H60O2. The molecule has 0 radical (unpaired) electrons. The predicted molar refractivity (Wildman–Crippen MR) is 141 cm³/mol. The molecule has 0 aromatic carbocycles. The van der Waals surface area contributed by atoms with E-state index in [1.54, 1.807) is 57.8 Å². The molecule has 192 valence electrons. The molecule has 8 atom stereocenters. The van der Waals surface area contributed by atoms with Crippen LogP contribution in [0.2, 0.25) is 0 Å². The van der Waals surface area contributed by atoms with E-state index in [1.807, 2.05) is 13.8 Å². The second-order valence-electron chi connectivity index (χ2n) is 11.9. The summed E-state index contributed by atoms with van der Waals surface area (Å²) in [7, 11) is 1.00. The number of hydrogen-bond acceptors (Lipinski definition) is 1. The maximum atomic E-state index is 7.00. The smallest absolute Gasteiger partial charge is 0.0319 e. The lowest BCUT2D eigenvalue weighted by Crippen LogP contribution is -2.53. The Bertz CT molecular complexity index is 505. The number of aliphatic hydroxyl groups is 1. The van der Waals surface area contributed by atoms with E-state index in [0.29, 0.717) is 10.8 Å². The summed E-state index contributed by atoms with van der Waals surface area (Å²) in [4.78, 5) is 0. The van der Waals surface area contributed by atoms with Gasteiger partial charge in [0.15, 0.2) is 0 Å². The van der Waals surface area contributed by atoms with Crippen LogP contribution in [-0.2, 0) is 0 Å². The molecule has 0 amide bonds. The first-order chi connectivity index (χ1) is 15.0. The predicted octanol–water partition coefficient (Wildman–Crippen LogP) is 8.45. The van der Waals surface area contributed by atoms with Crippen molar-refractivity contribution in [3.8, 4) is 0 Å². The minimum absolute atomic E-state index is 0. The van der Waals surface area contributed by atoms with Gasteiger partial charge in [-0.3, -0.25) is 0 Å². The van der Waals surface area contributed by atoms with Gasteiger partial charge in [-0.05, 0) is 111 Å². The van der Waals surface area contributed by atoms with Crippen LogP contribution < -0.4 is 0 Å². The Balaban J connectivity index is 0.000000971. The van der Waals surface area contributed by atoms with Crippen LogP contribution in [0.15, 0.2) is 0 Å². The lowest BCUT2D eigenvalue weighted by Gasteiger charge is -2.61. The highest BCUT2D eigenvalue weighted by atomic mass is 16.2. The molecule has 0 bridgehead atoms. The van der Waals surface area contributed by atoms with Gasteiger partial charge in [-0.1, -0.05) is 73.6 Å². The summed E-state index contributed by atoms with van der Waals surface area (Å²) < 4.78 is 0. The quantitative estimate of drug-likeness (QED) is 0.404. The number of aliphatic hydroxyl groups excluding tert-OH is 1. The molecule has 8 unspecified atom stereocenters. The van der Waals surface area contributed by atoms with Gasteiger partial charge in [0.2, 0.25) is 0 Å². The van der Waals surface area contributed by atoms with Gasteiger partial charge in [-0.15, -0.1) is 0 Å². The van der Waals surface area contributed by atoms with Crippen molar-refractivity contribution >= 4 is 0 Å². The molecule has 2 heteroatoms. The Morgan fingerprint density at radius 1 is 0.750 bits per heavy atom. The van der Waals surface area contributed by atoms with Crippen LogP contribution >= 0.6 is 0 Å². The van der Waals surface area contributed by atoms with Crippen molar-refractivity contribution in [3.05, 3.63) is 0 Å². The zero-order chi connectivity index (χ0) is 23.1. The highest BCUT2D eigenvalue weighted by Crippen LogP contribution is 2.68. The zero-order valence-corrected chi connectivity index (χ0v) is 23.0. The Morgan fingerprint density at radius 3 is 2.06 bits per heavy atom. The fourth-order valence-electron chi connectivity index (χ4n) is 9.12. The normalized spacial score (nSPS) is 42.0. The van der Waals surface area contributed by atoms with Crippen LogP contribution in [-0.4, -0.2) is 17.7 Å². The van der Waals surface area contributed by atoms with Crippen molar-refractivity contribution in [2.24, 2.45) is 46.3 Å². The van der Waals surface area contributed by atoms with Crippen molar-refractivity contribution in [1.29, 1.82) is 0 Å². The number of unbranched alkanes of at least 4 members (excludes halogenated alkanes) is 3. The Labute approximate surface area is 202 Å². The van der Waals surface area contributed by atoms with Gasteiger partial charge >= 0.3 is 0 Å². The van der Waals surface area contributed by atoms with Gasteiger partial charge in [-0.2, -0.15) is 0 Å². The lowest BCUT2D eigenvalue weighted by atomic mass is 9.44. The molecule has 4 aliphatic carbocycles. The number of hydrogen-bond donors (Lipinski definition) is 1. The molecule has 0 saturated heterocycles. The van der Waals surface area contributed by atoms with E-state index in [9.17, 15) is 0 Å². The van der Waals surface area contributed by atoms with E-state index >= 15 is 0 Å². The molecule has 3 N–H and O–H groups in total. The summed E-state index contributed by atoms with van der Waals surface area (Å²) in [6.45, 7) is 14.3. The van der Waals surface area contributed by atoms with Gasteiger partial charge < -0.3 is 10.6 Å². The summed E-state index contributed by atoms with van der Waals surface area (Å²) in [5, 5.41) is 7.00. The zero-order valence-electron chi connectivity index (χ0n) is 23.0. The van der Waals surface area contributed by atoms with Crippen LogP contribution in [0.25, 0.3) is 0 Å². The van der Waals surface area contributed by atoms with E-state index in [1.165, 1.54) is 38.5 Å². The molecule has 2 nitrogen and oxygen atoms in total. The molecule has 0 spiro atoms. The minimum Gasteiger partial charge on any atom is -0.412 e. The summed E-state index contributed by atoms with van der Waals surface area (Å²) in [6, 6.07) is 0. The van der Waals surface area contributed by atoms with Gasteiger partial charge in [-0.25, -0.2) is 0 Å². The fourth-order valence-corrected chi connectivity index (χ4v) is 9.12. The van der Waals surface area contributed by atoms with Crippen molar-refractivity contribution in [2.75, 3.05) is 7.11 Å². The third-order valence-corrected chi connectivity index (χ3v) is 11.0. The first-order valence-electron chi connectivity index (χ1n) is 14.5. The van der Waals surface area contributed by atoms with Crippen molar-refractivity contribution in [3.63, 3.8) is 0 Å². The molecule has 0 aliphatic heterocycles. The molecule has 0 aromatic rings. The molecule has 4 saturated carbocycles. The first kappa shape index (κ1) is 30.0. The van der Waals surface area contributed by atoms with Gasteiger partial charge in [0.05, 0.1) is 0 Å². The fraction of sp³-hybridized carbons (Fsp3) is 1.00. The third-order valence-electron chi connectivity index (χ3n) is 11.0. The molecule has 32 heavy (non-hydrogen) atoms. The number of fused-ring (bicyclic) bond motifs is 5. The average molecular weight is 453 g/mol. The molecule has 0 heterocycles. The molecule has 4 fully saturated rings. The second kappa shape index (κ2) is 13.7. The minimum atomic E-state index is 0. The highest BCUT2D eigenvalue weighted by Gasteiger charge is 2.59. The van der Waals surface area contributed by atoms with Crippen molar-refractivity contribution in [1.82, 2.24) is 0 Å². The lowest BCUT2D eigenvalue weighted by molar-refractivity contribution is -0.118. The van der Waals surface area contributed by atoms with Crippen LogP contribution in [0.4, 0.5) is 0 Å². The summed E-state index contributed by atoms with van der Waals surface area (Å²) in [6.07, 6.45) is 22.9. The maximum Gasteiger partial charge on any atom is 0.0319 e. The molecule has 4 rings (SSSR count). The van der Waals surface area contributed by atoms with E-state index in [0.717, 1.165) is 42.6 Å². The van der Waals surface area contributed by atoms with Crippen molar-refractivity contribution in [2.45, 2.75) is 138 Å². The molecule has 4 aliphatic rings. The molecule has 0 aromatic heterocycles. The monoisotopic (exact) mass is 452 g/mol. The number of rotatable bonds is 6. The van der Waals surface area contributed by atoms with Gasteiger partial charge in [0.25, 0.3) is 0 Å². The molecular weight excluding hydrogens is 392 g/mol. The first-order valence-corrected chi connectivity index (χ1v) is 14.5. The summed E-state index contributed by atoms with van der Waals surface area (Å²) in [5.74, 6) is 6.41. The van der Waals surface area contributed by atoms with Crippen LogP contribution in [0.5, 0.6) is 0 Å². The third kappa shape index (κ3) is 5.76. The van der Waals surface area contributed by atoms with E-state index in [-0.39, 0.29) is 5.48 Å². The van der Waals surface area contributed by atoms with Gasteiger partial charge in [0.1, 0.15) is 0 Å². The standard InChI is InChI=1S/C27H48.C2H6.CH4O.H2O/c1-5-7-8-9-10-21-12-14-24-23-13-11-22-19-20(6-2)15-17-27(22,4)25(23)16-18-26(21,24)3;2*1-2;/h20-25H,5-19H2,1-4H3;1-2H3;2H,1H3;1H2. The van der Waals surface area contributed by atoms with Crippen molar-refractivity contribution < 1.29 is 10.6 Å². The largest absolute Gasteiger partial charge is 0.412 e. The van der Waals surface area contributed by atoms with Crippen LogP contribution in [0.1, 0.15) is 138 Å². The van der Waals surface area contributed by atoms with Gasteiger partial charge in [0, 0.05) is 7.11 Å². The Morgan fingerprint density at radius 2 is 1.41 bits per heavy atom. The summed E-state index contributed by atoms with van der Waals surface area (Å²) in [5.41, 5.74) is 1.41. The maximum absolute atomic E-state index is 7.00. The topological polar surface area (TPSA) is 51.7 Å². The highest BCUT2D eigenvalue weighted by molar-refractivity contribution is 5.09. The second-order valence-corrected chi connectivity index (χ2v) is 11.9. The van der Waals surface area contributed by atoms with E-state index in [2.05, 4.69) is 27.7 Å². The average Bonchev–Trinajstić information content (AvgIpc) is 3.15. The van der Waals surface area contributed by atoms with Crippen LogP contribution in [0, 0.1) is 46.3 Å². The Kier molecular flexibility index (Phi) is 12.8. The van der Waals surface area contributed by atoms with E-state index < -0.39 is 0 Å². The SMILES string of the molecule is CC.CCCCCCC1CCC2C3CCC4CC(CC)CCC4(C)C3CCC12C.CO.O. The van der Waals surface area contributed by atoms with E-state index in [4.69, 9.17) is 5.11 Å².